The molecule has 1 spiro atoms. The van der Waals surface area contributed by atoms with Crippen molar-refractivity contribution in [2.45, 2.75) is 37.5 Å². The third-order valence-corrected chi connectivity index (χ3v) is 6.79. The molecule has 0 aromatic heterocycles. The minimum Gasteiger partial charge on any atom is -0.356 e. The summed E-state index contributed by atoms with van der Waals surface area (Å²) in [4.78, 5) is 28.9. The van der Waals surface area contributed by atoms with Crippen LogP contribution in [0, 0.1) is 6.92 Å². The van der Waals surface area contributed by atoms with E-state index in [0.717, 1.165) is 38.2 Å². The molecule has 0 saturated carbocycles. The molecule has 1 atom stereocenters. The second kappa shape index (κ2) is 8.44. The predicted octanol–water partition coefficient (Wildman–Crippen LogP) is 2.04. The molecular formula is C20H29N3O2S. The molecule has 1 aromatic rings. The van der Waals surface area contributed by atoms with E-state index in [1.165, 1.54) is 11.1 Å². The quantitative estimate of drug-likeness (QED) is 0.875. The third-order valence-electron chi connectivity index (χ3n) is 5.83. The Balaban J connectivity index is 1.56. The molecule has 0 radical (unpaired) electrons. The largest absolute Gasteiger partial charge is 0.356 e. The van der Waals surface area contributed by atoms with Crippen LogP contribution in [-0.4, -0.2) is 66.1 Å². The Kier molecular flexibility index (Phi) is 6.24. The lowest BCUT2D eigenvalue weighted by Crippen LogP contribution is -2.62. The van der Waals surface area contributed by atoms with E-state index in [2.05, 4.69) is 42.4 Å². The first-order valence-electron chi connectivity index (χ1n) is 9.38. The maximum Gasteiger partial charge on any atom is 0.232 e. The van der Waals surface area contributed by atoms with Gasteiger partial charge < -0.3 is 10.2 Å². The first kappa shape index (κ1) is 19.2. The molecule has 5 nitrogen and oxygen atoms in total. The van der Waals surface area contributed by atoms with Crippen molar-refractivity contribution in [3.8, 4) is 0 Å². The normalized spacial score (nSPS) is 24.4. The number of thioether (sulfide) groups is 1. The molecule has 1 unspecified atom stereocenters. The third kappa shape index (κ3) is 4.41. The highest BCUT2D eigenvalue weighted by Gasteiger charge is 2.41. The summed E-state index contributed by atoms with van der Waals surface area (Å²) in [6.45, 7) is 5.21. The van der Waals surface area contributed by atoms with E-state index in [1.54, 1.807) is 11.8 Å². The van der Waals surface area contributed by atoms with Crippen LogP contribution in [0.4, 0.5) is 0 Å². The second-order valence-corrected chi connectivity index (χ2v) is 8.47. The number of carbonyl (C=O) groups is 2. The molecule has 3 rings (SSSR count). The van der Waals surface area contributed by atoms with Crippen molar-refractivity contribution >= 4 is 23.6 Å². The molecule has 6 heteroatoms. The Bertz CT molecular complexity index is 666. The van der Waals surface area contributed by atoms with Crippen LogP contribution in [0.1, 0.15) is 30.4 Å². The molecule has 2 fully saturated rings. The number of hydrogen-bond acceptors (Lipinski definition) is 4. The summed E-state index contributed by atoms with van der Waals surface area (Å²) in [5, 5.41) is 2.97. The molecule has 142 valence electrons. The van der Waals surface area contributed by atoms with Crippen molar-refractivity contribution in [3.05, 3.63) is 35.4 Å². The van der Waals surface area contributed by atoms with Gasteiger partial charge in [-0.05, 0) is 37.9 Å². The van der Waals surface area contributed by atoms with Gasteiger partial charge in [0.1, 0.15) is 0 Å². The fourth-order valence-electron chi connectivity index (χ4n) is 3.92. The lowest BCUT2D eigenvalue weighted by atomic mass is 9.86. The number of aryl methyl sites for hydroxylation is 1. The summed E-state index contributed by atoms with van der Waals surface area (Å²) in [5.41, 5.74) is 2.52. The van der Waals surface area contributed by atoms with Crippen LogP contribution in [0.25, 0.3) is 0 Å². The second-order valence-electron chi connectivity index (χ2n) is 7.48. The Morgan fingerprint density at radius 3 is 2.88 bits per heavy atom. The Labute approximate surface area is 160 Å². The van der Waals surface area contributed by atoms with Crippen molar-refractivity contribution < 1.29 is 9.59 Å². The van der Waals surface area contributed by atoms with Crippen molar-refractivity contribution in [1.82, 2.24) is 15.1 Å². The number of amides is 2. The van der Waals surface area contributed by atoms with Crippen molar-refractivity contribution in [1.29, 1.82) is 0 Å². The lowest BCUT2D eigenvalue weighted by molar-refractivity contribution is -0.134. The standard InChI is InChI=1S/C20H29N3O2S/c1-16-5-3-4-6-17(16)13-26-14-19(25)23-12-11-22(2)20(15-23)8-7-18(24)21-10-9-20/h3-6H,7-15H2,1-2H3,(H,21,24). The SMILES string of the molecule is Cc1ccccc1CSCC(=O)N1CCN(C)C2(CCNC(=O)CC2)C1. The van der Waals surface area contributed by atoms with Crippen LogP contribution < -0.4 is 5.32 Å². The first-order valence-corrected chi connectivity index (χ1v) is 10.5. The molecule has 2 aliphatic rings. The summed E-state index contributed by atoms with van der Waals surface area (Å²) in [6.07, 6.45) is 2.29. The van der Waals surface area contributed by atoms with E-state index in [9.17, 15) is 9.59 Å². The van der Waals surface area contributed by atoms with E-state index in [-0.39, 0.29) is 17.4 Å². The zero-order valence-electron chi connectivity index (χ0n) is 15.8. The summed E-state index contributed by atoms with van der Waals surface area (Å²) in [7, 11) is 2.13. The Morgan fingerprint density at radius 2 is 2.08 bits per heavy atom. The van der Waals surface area contributed by atoms with Gasteiger partial charge in [0.15, 0.2) is 0 Å². The number of nitrogens with zero attached hydrogens (tertiary/aromatic N) is 2. The highest BCUT2D eigenvalue weighted by atomic mass is 32.2. The molecule has 0 aliphatic carbocycles. The minimum atomic E-state index is -0.0618. The zero-order chi connectivity index (χ0) is 18.6. The molecule has 2 aliphatic heterocycles. The highest BCUT2D eigenvalue weighted by Crippen LogP contribution is 2.30. The van der Waals surface area contributed by atoms with Crippen LogP contribution in [0.15, 0.2) is 24.3 Å². The van der Waals surface area contributed by atoms with Gasteiger partial charge in [0, 0.05) is 43.9 Å². The van der Waals surface area contributed by atoms with Gasteiger partial charge >= 0.3 is 0 Å². The fourth-order valence-corrected chi connectivity index (χ4v) is 4.92. The van der Waals surface area contributed by atoms with Gasteiger partial charge in [-0.3, -0.25) is 14.5 Å². The monoisotopic (exact) mass is 375 g/mol. The number of hydrogen-bond donors (Lipinski definition) is 1. The highest BCUT2D eigenvalue weighted by molar-refractivity contribution is 7.99. The number of piperazine rings is 1. The van der Waals surface area contributed by atoms with E-state index in [1.807, 2.05) is 11.0 Å². The molecule has 1 N–H and O–H groups in total. The zero-order valence-corrected chi connectivity index (χ0v) is 16.6. The van der Waals surface area contributed by atoms with Gasteiger partial charge in [0.05, 0.1) is 5.75 Å². The number of nitrogens with one attached hydrogen (secondary N) is 1. The lowest BCUT2D eigenvalue weighted by Gasteiger charge is -2.49. The Hall–Kier alpha value is -1.53. The number of likely N-dealkylation sites (N-methyl/N-ethyl adjacent to an activating group) is 1. The number of carbonyl (C=O) groups excluding carboxylic acids is 2. The van der Waals surface area contributed by atoms with E-state index >= 15 is 0 Å². The summed E-state index contributed by atoms with van der Waals surface area (Å²) in [5.74, 6) is 1.74. The van der Waals surface area contributed by atoms with Gasteiger partial charge in [-0.1, -0.05) is 24.3 Å². The van der Waals surface area contributed by atoms with Crippen LogP contribution in [-0.2, 0) is 15.3 Å². The van der Waals surface area contributed by atoms with Gasteiger partial charge in [-0.25, -0.2) is 0 Å². The molecular weight excluding hydrogens is 346 g/mol. The molecule has 2 heterocycles. The van der Waals surface area contributed by atoms with Gasteiger partial charge in [-0.15, -0.1) is 11.8 Å². The van der Waals surface area contributed by atoms with Crippen LogP contribution in [0.5, 0.6) is 0 Å². The first-order chi connectivity index (χ1) is 12.5. The molecule has 2 amide bonds. The molecule has 2 saturated heterocycles. The van der Waals surface area contributed by atoms with Gasteiger partial charge in [-0.2, -0.15) is 0 Å². The van der Waals surface area contributed by atoms with E-state index < -0.39 is 0 Å². The molecule has 1 aromatic carbocycles. The van der Waals surface area contributed by atoms with Crippen molar-refractivity contribution in [2.24, 2.45) is 0 Å². The number of benzene rings is 1. The summed E-state index contributed by atoms with van der Waals surface area (Å²) < 4.78 is 0. The van der Waals surface area contributed by atoms with Crippen LogP contribution in [0.3, 0.4) is 0 Å². The summed E-state index contributed by atoms with van der Waals surface area (Å²) in [6, 6.07) is 8.34. The molecule has 0 bridgehead atoms. The maximum absolute atomic E-state index is 12.8. The van der Waals surface area contributed by atoms with Crippen molar-refractivity contribution in [2.75, 3.05) is 39.0 Å². The molecule has 26 heavy (non-hydrogen) atoms. The smallest absolute Gasteiger partial charge is 0.232 e. The van der Waals surface area contributed by atoms with Crippen LogP contribution in [0.2, 0.25) is 0 Å². The van der Waals surface area contributed by atoms with Crippen molar-refractivity contribution in [3.63, 3.8) is 0 Å². The number of rotatable bonds is 4. The van der Waals surface area contributed by atoms with Gasteiger partial charge in [0.25, 0.3) is 0 Å². The Morgan fingerprint density at radius 1 is 1.27 bits per heavy atom. The van der Waals surface area contributed by atoms with E-state index in [4.69, 9.17) is 0 Å². The minimum absolute atomic E-state index is 0.0618. The fraction of sp³-hybridized carbons (Fsp3) is 0.600. The summed E-state index contributed by atoms with van der Waals surface area (Å²) >= 11 is 1.69. The van der Waals surface area contributed by atoms with Crippen LogP contribution >= 0.6 is 11.8 Å². The maximum atomic E-state index is 12.8. The van der Waals surface area contributed by atoms with E-state index in [0.29, 0.717) is 18.7 Å². The topological polar surface area (TPSA) is 52.7 Å². The average Bonchev–Trinajstić information content (AvgIpc) is 2.81. The average molecular weight is 376 g/mol. The predicted molar refractivity (Wildman–Crippen MR) is 106 cm³/mol. The van der Waals surface area contributed by atoms with Gasteiger partial charge in [0.2, 0.25) is 11.8 Å².